The van der Waals surface area contributed by atoms with Crippen LogP contribution in [0.25, 0.3) is 0 Å². The summed E-state index contributed by atoms with van der Waals surface area (Å²) in [6.07, 6.45) is -0.550. The maximum absolute atomic E-state index is 12.7. The van der Waals surface area contributed by atoms with Crippen molar-refractivity contribution < 1.29 is 19.1 Å². The van der Waals surface area contributed by atoms with Crippen LogP contribution in [0.1, 0.15) is 55.4 Å². The van der Waals surface area contributed by atoms with Gasteiger partial charge in [-0.3, -0.25) is 4.79 Å². The second-order valence-corrected chi connectivity index (χ2v) is 10.5. The van der Waals surface area contributed by atoms with Crippen molar-refractivity contribution >= 4 is 35.2 Å². The fraction of sp³-hybridized carbons (Fsp3) is 0.619. The molecule has 5 nitrogen and oxygen atoms in total. The van der Waals surface area contributed by atoms with Crippen LogP contribution in [0.4, 0.5) is 0 Å². The lowest BCUT2D eigenvalue weighted by Gasteiger charge is -2.32. The molecule has 0 aliphatic carbocycles. The fourth-order valence-corrected chi connectivity index (χ4v) is 3.40. The molecule has 1 aromatic rings. The number of ether oxygens (including phenoxy) is 2. The Balaban J connectivity index is 2.88. The summed E-state index contributed by atoms with van der Waals surface area (Å²) in [7, 11) is 0. The molecule has 0 bridgehead atoms. The summed E-state index contributed by atoms with van der Waals surface area (Å²) < 4.78 is 11.4. The lowest BCUT2D eigenvalue weighted by molar-refractivity contribution is -0.166. The molecular weight excluding hydrogens is 398 g/mol. The minimum absolute atomic E-state index is 0.264. The summed E-state index contributed by atoms with van der Waals surface area (Å²) in [5, 5.41) is 3.04. The van der Waals surface area contributed by atoms with Gasteiger partial charge in [-0.1, -0.05) is 11.6 Å². The van der Waals surface area contributed by atoms with Gasteiger partial charge in [0.2, 0.25) is 5.91 Å². The van der Waals surface area contributed by atoms with Gasteiger partial charge in [-0.2, -0.15) is 0 Å². The zero-order valence-electron chi connectivity index (χ0n) is 18.0. The maximum atomic E-state index is 12.7. The molecule has 1 aromatic carbocycles. The molecule has 0 aromatic heterocycles. The highest BCUT2D eigenvalue weighted by Gasteiger charge is 2.35. The van der Waals surface area contributed by atoms with Gasteiger partial charge in [-0.25, -0.2) is 4.79 Å². The smallest absolute Gasteiger partial charge is 0.331 e. The second kappa shape index (κ2) is 9.99. The molecule has 3 atom stereocenters. The molecule has 1 rings (SSSR count). The molecule has 0 spiro atoms. The third-order valence-electron chi connectivity index (χ3n) is 3.46. The monoisotopic (exact) mass is 429 g/mol. The van der Waals surface area contributed by atoms with Crippen LogP contribution in [-0.2, 0) is 19.1 Å². The van der Waals surface area contributed by atoms with Crippen molar-refractivity contribution in [2.75, 3.05) is 0 Å². The van der Waals surface area contributed by atoms with Crippen LogP contribution in [0.15, 0.2) is 29.2 Å². The number of amides is 1. The topological polar surface area (TPSA) is 64.6 Å². The Labute approximate surface area is 177 Å². The van der Waals surface area contributed by atoms with E-state index in [4.69, 9.17) is 21.1 Å². The lowest BCUT2D eigenvalue weighted by atomic mass is 10.1. The van der Waals surface area contributed by atoms with E-state index in [1.54, 1.807) is 46.8 Å². The Kier molecular flexibility index (Phi) is 8.85. The second-order valence-electron chi connectivity index (χ2n) is 8.67. The van der Waals surface area contributed by atoms with E-state index in [0.29, 0.717) is 5.02 Å². The number of hydrogen-bond donors (Lipinski definition) is 1. The van der Waals surface area contributed by atoms with Crippen LogP contribution in [0.3, 0.4) is 0 Å². The molecule has 3 unspecified atom stereocenters. The number of rotatable bonds is 7. The molecule has 0 heterocycles. The Bertz CT molecular complexity index is 664. The van der Waals surface area contributed by atoms with Crippen molar-refractivity contribution in [2.45, 2.75) is 88.9 Å². The standard InChI is InChI=1S/C21H32ClNO4S/c1-13(26-20(3,4)5)17(19(25)27-21(6,7)8)23-18(24)14(2)28-16-11-9-15(22)10-12-16/h9-14,17H,1-8H3,(H,23,24). The van der Waals surface area contributed by atoms with Crippen molar-refractivity contribution in [1.82, 2.24) is 5.32 Å². The van der Waals surface area contributed by atoms with Crippen molar-refractivity contribution in [3.63, 3.8) is 0 Å². The summed E-state index contributed by atoms with van der Waals surface area (Å²) in [4.78, 5) is 26.4. The Morgan fingerprint density at radius 3 is 2.00 bits per heavy atom. The summed E-state index contributed by atoms with van der Waals surface area (Å²) in [5.74, 6) is -0.776. The van der Waals surface area contributed by atoms with Gasteiger partial charge in [0.05, 0.1) is 17.0 Å². The van der Waals surface area contributed by atoms with Gasteiger partial charge in [0.15, 0.2) is 6.04 Å². The van der Waals surface area contributed by atoms with Gasteiger partial charge in [-0.05, 0) is 79.7 Å². The van der Waals surface area contributed by atoms with Gasteiger partial charge >= 0.3 is 5.97 Å². The Morgan fingerprint density at radius 1 is 1.00 bits per heavy atom. The molecule has 28 heavy (non-hydrogen) atoms. The fourth-order valence-electron chi connectivity index (χ4n) is 2.40. The number of hydrogen-bond acceptors (Lipinski definition) is 5. The highest BCUT2D eigenvalue weighted by Crippen LogP contribution is 2.25. The number of esters is 1. The molecule has 7 heteroatoms. The number of nitrogens with one attached hydrogen (secondary N) is 1. The quantitative estimate of drug-likeness (QED) is 0.495. The minimum Gasteiger partial charge on any atom is -0.458 e. The van der Waals surface area contributed by atoms with E-state index in [2.05, 4.69) is 5.32 Å². The number of thioether (sulfide) groups is 1. The van der Waals surface area contributed by atoms with E-state index in [9.17, 15) is 9.59 Å². The van der Waals surface area contributed by atoms with Crippen molar-refractivity contribution in [2.24, 2.45) is 0 Å². The van der Waals surface area contributed by atoms with Gasteiger partial charge in [0.1, 0.15) is 5.60 Å². The first kappa shape index (κ1) is 24.8. The van der Waals surface area contributed by atoms with Crippen LogP contribution < -0.4 is 5.32 Å². The van der Waals surface area contributed by atoms with E-state index in [0.717, 1.165) is 4.90 Å². The normalized spacial score (nSPS) is 15.5. The van der Waals surface area contributed by atoms with Crippen LogP contribution in [0.2, 0.25) is 5.02 Å². The number of carbonyl (C=O) groups excluding carboxylic acids is 2. The van der Waals surface area contributed by atoms with E-state index >= 15 is 0 Å². The highest BCUT2D eigenvalue weighted by molar-refractivity contribution is 8.00. The Hall–Kier alpha value is -1.24. The Morgan fingerprint density at radius 2 is 1.54 bits per heavy atom. The van der Waals surface area contributed by atoms with Crippen molar-refractivity contribution in [1.29, 1.82) is 0 Å². The molecule has 158 valence electrons. The SMILES string of the molecule is CC(Sc1ccc(Cl)cc1)C(=O)NC(C(=O)OC(C)(C)C)C(C)OC(C)(C)C. The third kappa shape index (κ3) is 9.30. The third-order valence-corrected chi connectivity index (χ3v) is 4.83. The van der Waals surface area contributed by atoms with Crippen LogP contribution in [0, 0.1) is 0 Å². The molecule has 0 radical (unpaired) electrons. The van der Waals surface area contributed by atoms with Gasteiger partial charge < -0.3 is 14.8 Å². The van der Waals surface area contributed by atoms with Crippen molar-refractivity contribution in [3.8, 4) is 0 Å². The minimum atomic E-state index is -0.904. The zero-order chi connectivity index (χ0) is 21.7. The molecule has 0 aliphatic rings. The maximum Gasteiger partial charge on any atom is 0.331 e. The largest absolute Gasteiger partial charge is 0.458 e. The first-order chi connectivity index (χ1) is 12.7. The molecule has 0 saturated carbocycles. The van der Waals surface area contributed by atoms with E-state index in [-0.39, 0.29) is 5.91 Å². The molecule has 0 aliphatic heterocycles. The first-order valence-corrected chi connectivity index (χ1v) is 10.6. The van der Waals surface area contributed by atoms with Crippen LogP contribution in [0.5, 0.6) is 0 Å². The lowest BCUT2D eigenvalue weighted by Crippen LogP contribution is -2.53. The van der Waals surface area contributed by atoms with Gasteiger partial charge in [0, 0.05) is 9.92 Å². The molecule has 1 N–H and O–H groups in total. The zero-order valence-corrected chi connectivity index (χ0v) is 19.5. The van der Waals surface area contributed by atoms with E-state index < -0.39 is 34.6 Å². The summed E-state index contributed by atoms with van der Waals surface area (Å²) in [6.45, 7) is 14.6. The number of carbonyl (C=O) groups is 2. The molecule has 0 fully saturated rings. The van der Waals surface area contributed by atoms with Crippen LogP contribution >= 0.6 is 23.4 Å². The number of benzene rings is 1. The summed E-state index contributed by atoms with van der Waals surface area (Å²) >= 11 is 7.29. The van der Waals surface area contributed by atoms with Crippen molar-refractivity contribution in [3.05, 3.63) is 29.3 Å². The predicted octanol–water partition coefficient (Wildman–Crippen LogP) is 4.85. The molecule has 0 saturated heterocycles. The van der Waals surface area contributed by atoms with E-state index in [1.165, 1.54) is 11.8 Å². The molecular formula is C21H32ClNO4S. The van der Waals surface area contributed by atoms with Gasteiger partial charge in [-0.15, -0.1) is 11.8 Å². The van der Waals surface area contributed by atoms with Crippen LogP contribution in [-0.4, -0.2) is 40.5 Å². The number of halogens is 1. The summed E-state index contributed by atoms with van der Waals surface area (Å²) in [6, 6.07) is 6.36. The molecule has 1 amide bonds. The first-order valence-electron chi connectivity index (χ1n) is 9.31. The average Bonchev–Trinajstić information content (AvgIpc) is 2.50. The van der Waals surface area contributed by atoms with E-state index in [1.807, 2.05) is 32.9 Å². The summed E-state index contributed by atoms with van der Waals surface area (Å²) in [5.41, 5.74) is -1.13. The predicted molar refractivity (Wildman–Crippen MR) is 115 cm³/mol. The highest BCUT2D eigenvalue weighted by atomic mass is 35.5. The average molecular weight is 430 g/mol. The van der Waals surface area contributed by atoms with Gasteiger partial charge in [0.25, 0.3) is 0 Å².